The summed E-state index contributed by atoms with van der Waals surface area (Å²) in [6.45, 7) is 1.93. The van der Waals surface area contributed by atoms with Crippen LogP contribution in [-0.4, -0.2) is 15.8 Å². The Labute approximate surface area is 117 Å². The van der Waals surface area contributed by atoms with E-state index in [2.05, 4.69) is 9.97 Å². The molecule has 0 fully saturated rings. The number of hydrogen-bond donors (Lipinski definition) is 0. The molecule has 3 rings (SSSR count). The standard InChI is InChI=1S/C17H14N2O/c1-12-6-8-18-11-15(12)17(20)10-13-7-9-19-16-5-3-2-4-14(13)16/h2-9,11H,10H2,1H3. The summed E-state index contributed by atoms with van der Waals surface area (Å²) in [5.41, 5.74) is 3.57. The highest BCUT2D eigenvalue weighted by Gasteiger charge is 2.11. The third-order valence-electron chi connectivity index (χ3n) is 3.43. The van der Waals surface area contributed by atoms with Gasteiger partial charge in [0.25, 0.3) is 0 Å². The number of nitrogens with zero attached hydrogens (tertiary/aromatic N) is 2. The first-order valence-electron chi connectivity index (χ1n) is 6.52. The summed E-state index contributed by atoms with van der Waals surface area (Å²) in [6, 6.07) is 11.6. The van der Waals surface area contributed by atoms with Gasteiger partial charge in [0.05, 0.1) is 5.52 Å². The Bertz CT molecular complexity index is 775. The van der Waals surface area contributed by atoms with Crippen molar-refractivity contribution >= 4 is 16.7 Å². The molecular weight excluding hydrogens is 248 g/mol. The zero-order valence-corrected chi connectivity index (χ0v) is 11.2. The van der Waals surface area contributed by atoms with Gasteiger partial charge in [0.2, 0.25) is 0 Å². The average molecular weight is 262 g/mol. The Morgan fingerprint density at radius 3 is 2.80 bits per heavy atom. The number of carbonyl (C=O) groups is 1. The second kappa shape index (κ2) is 5.21. The lowest BCUT2D eigenvalue weighted by molar-refractivity contribution is 0.0992. The van der Waals surface area contributed by atoms with Crippen LogP contribution in [0.1, 0.15) is 21.5 Å². The SMILES string of the molecule is Cc1ccncc1C(=O)Cc1ccnc2ccccc12. The molecule has 0 aliphatic heterocycles. The molecule has 0 saturated carbocycles. The van der Waals surface area contributed by atoms with E-state index in [1.807, 2.05) is 43.3 Å². The van der Waals surface area contributed by atoms with Gasteiger partial charge in [-0.15, -0.1) is 0 Å². The van der Waals surface area contributed by atoms with Crippen LogP contribution >= 0.6 is 0 Å². The maximum atomic E-state index is 12.4. The number of pyridine rings is 2. The third kappa shape index (κ3) is 2.30. The molecule has 1 aromatic carbocycles. The van der Waals surface area contributed by atoms with E-state index in [0.29, 0.717) is 12.0 Å². The van der Waals surface area contributed by atoms with Crippen LogP contribution in [0.15, 0.2) is 55.0 Å². The van der Waals surface area contributed by atoms with Crippen LogP contribution < -0.4 is 0 Å². The Hall–Kier alpha value is -2.55. The molecule has 0 unspecified atom stereocenters. The quantitative estimate of drug-likeness (QED) is 0.680. The molecular formula is C17H14N2O. The van der Waals surface area contributed by atoms with Crippen molar-refractivity contribution in [2.75, 3.05) is 0 Å². The lowest BCUT2D eigenvalue weighted by atomic mass is 9.99. The van der Waals surface area contributed by atoms with Gasteiger partial charge in [-0.05, 0) is 36.2 Å². The fourth-order valence-corrected chi connectivity index (χ4v) is 2.33. The van der Waals surface area contributed by atoms with Gasteiger partial charge in [0, 0.05) is 36.0 Å². The van der Waals surface area contributed by atoms with E-state index in [0.717, 1.165) is 22.0 Å². The molecule has 0 atom stereocenters. The first-order chi connectivity index (χ1) is 9.75. The third-order valence-corrected chi connectivity index (χ3v) is 3.43. The predicted octanol–water partition coefficient (Wildman–Crippen LogP) is 3.36. The van der Waals surface area contributed by atoms with Crippen molar-refractivity contribution in [2.45, 2.75) is 13.3 Å². The van der Waals surface area contributed by atoms with Gasteiger partial charge in [-0.25, -0.2) is 0 Å². The van der Waals surface area contributed by atoms with Gasteiger partial charge in [0.1, 0.15) is 0 Å². The highest BCUT2D eigenvalue weighted by Crippen LogP contribution is 2.18. The molecule has 2 aromatic heterocycles. The minimum absolute atomic E-state index is 0.0898. The summed E-state index contributed by atoms with van der Waals surface area (Å²) in [5.74, 6) is 0.0898. The van der Waals surface area contributed by atoms with E-state index >= 15 is 0 Å². The number of carbonyl (C=O) groups excluding carboxylic acids is 1. The Morgan fingerprint density at radius 2 is 1.95 bits per heavy atom. The molecule has 3 heteroatoms. The molecule has 0 bridgehead atoms. The summed E-state index contributed by atoms with van der Waals surface area (Å²) in [5, 5.41) is 1.03. The lowest BCUT2D eigenvalue weighted by Gasteiger charge is -2.07. The van der Waals surface area contributed by atoms with E-state index < -0.39 is 0 Å². The topological polar surface area (TPSA) is 42.9 Å². The summed E-state index contributed by atoms with van der Waals surface area (Å²) < 4.78 is 0. The number of rotatable bonds is 3. The highest BCUT2D eigenvalue weighted by atomic mass is 16.1. The van der Waals surface area contributed by atoms with E-state index in [1.165, 1.54) is 0 Å². The van der Waals surface area contributed by atoms with Crippen LogP contribution in [0.4, 0.5) is 0 Å². The predicted molar refractivity (Wildman–Crippen MR) is 78.8 cm³/mol. The molecule has 20 heavy (non-hydrogen) atoms. The fourth-order valence-electron chi connectivity index (χ4n) is 2.33. The molecule has 0 amide bonds. The molecule has 0 aliphatic carbocycles. The summed E-state index contributed by atoms with van der Waals surface area (Å²) in [6.07, 6.45) is 5.46. The van der Waals surface area contributed by atoms with Gasteiger partial charge >= 0.3 is 0 Å². The van der Waals surface area contributed by atoms with Crippen molar-refractivity contribution in [3.05, 3.63) is 71.7 Å². The fraction of sp³-hybridized carbons (Fsp3) is 0.118. The molecule has 2 heterocycles. The van der Waals surface area contributed by atoms with Crippen molar-refractivity contribution in [3.63, 3.8) is 0 Å². The average Bonchev–Trinajstić information content (AvgIpc) is 2.48. The van der Waals surface area contributed by atoms with Crippen LogP contribution in [0.3, 0.4) is 0 Å². The number of Topliss-reactive ketones (excluding diaryl/α,β-unsaturated/α-hetero) is 1. The summed E-state index contributed by atoms with van der Waals surface area (Å²) in [4.78, 5) is 20.8. The monoisotopic (exact) mass is 262 g/mol. The molecule has 0 radical (unpaired) electrons. The van der Waals surface area contributed by atoms with Gasteiger partial charge in [-0.2, -0.15) is 0 Å². The minimum Gasteiger partial charge on any atom is -0.294 e. The Kier molecular flexibility index (Phi) is 3.25. The van der Waals surface area contributed by atoms with E-state index in [4.69, 9.17) is 0 Å². The molecule has 0 saturated heterocycles. The van der Waals surface area contributed by atoms with Gasteiger partial charge in [-0.3, -0.25) is 14.8 Å². The van der Waals surface area contributed by atoms with Gasteiger partial charge in [-0.1, -0.05) is 18.2 Å². The van der Waals surface area contributed by atoms with E-state index in [1.54, 1.807) is 18.6 Å². The Morgan fingerprint density at radius 1 is 1.10 bits per heavy atom. The first-order valence-corrected chi connectivity index (χ1v) is 6.52. The molecule has 0 aliphatic rings. The first kappa shape index (κ1) is 12.5. The van der Waals surface area contributed by atoms with Crippen LogP contribution in [0.2, 0.25) is 0 Å². The maximum Gasteiger partial charge on any atom is 0.169 e. The van der Waals surface area contributed by atoms with Crippen molar-refractivity contribution in [2.24, 2.45) is 0 Å². The second-order valence-electron chi connectivity index (χ2n) is 4.78. The normalized spacial score (nSPS) is 10.7. The highest BCUT2D eigenvalue weighted by molar-refractivity contribution is 6.00. The smallest absolute Gasteiger partial charge is 0.169 e. The zero-order chi connectivity index (χ0) is 13.9. The summed E-state index contributed by atoms with van der Waals surface area (Å²) >= 11 is 0. The van der Waals surface area contributed by atoms with Crippen molar-refractivity contribution < 1.29 is 4.79 Å². The van der Waals surface area contributed by atoms with Crippen LogP contribution in [0.25, 0.3) is 10.9 Å². The van der Waals surface area contributed by atoms with Gasteiger partial charge in [0.15, 0.2) is 5.78 Å². The minimum atomic E-state index is 0.0898. The second-order valence-corrected chi connectivity index (χ2v) is 4.78. The molecule has 0 N–H and O–H groups in total. The van der Waals surface area contributed by atoms with Crippen molar-refractivity contribution in [1.82, 2.24) is 9.97 Å². The van der Waals surface area contributed by atoms with Crippen LogP contribution in [0.5, 0.6) is 0 Å². The van der Waals surface area contributed by atoms with E-state index in [-0.39, 0.29) is 5.78 Å². The van der Waals surface area contributed by atoms with Crippen molar-refractivity contribution in [3.8, 4) is 0 Å². The van der Waals surface area contributed by atoms with E-state index in [9.17, 15) is 4.79 Å². The number of fused-ring (bicyclic) bond motifs is 1. The Balaban J connectivity index is 1.98. The largest absolute Gasteiger partial charge is 0.294 e. The van der Waals surface area contributed by atoms with Gasteiger partial charge < -0.3 is 0 Å². The number of ketones is 1. The van der Waals surface area contributed by atoms with Crippen molar-refractivity contribution in [1.29, 1.82) is 0 Å². The maximum absolute atomic E-state index is 12.4. The molecule has 3 nitrogen and oxygen atoms in total. The number of para-hydroxylation sites is 1. The number of benzene rings is 1. The number of hydrogen-bond acceptors (Lipinski definition) is 3. The summed E-state index contributed by atoms with van der Waals surface area (Å²) in [7, 11) is 0. The number of aromatic nitrogens is 2. The molecule has 0 spiro atoms. The zero-order valence-electron chi connectivity index (χ0n) is 11.2. The molecule has 3 aromatic rings. The number of aryl methyl sites for hydroxylation is 1. The lowest BCUT2D eigenvalue weighted by Crippen LogP contribution is -2.06. The van der Waals surface area contributed by atoms with Crippen LogP contribution in [-0.2, 0) is 6.42 Å². The molecule has 98 valence electrons. The van der Waals surface area contributed by atoms with Crippen LogP contribution in [0, 0.1) is 6.92 Å².